The number of benzene rings is 3. The summed E-state index contributed by atoms with van der Waals surface area (Å²) in [6, 6.07) is 25.1. The van der Waals surface area contributed by atoms with Gasteiger partial charge in [0.15, 0.2) is 17.3 Å². The first-order valence-corrected chi connectivity index (χ1v) is 10.6. The number of Topliss-reactive ketones (excluding diaryl/α,β-unsaturated/α-hetero) is 2. The number of hydrogen-bond donors (Lipinski definition) is 0. The molecule has 0 saturated heterocycles. The molecule has 160 valence electrons. The fourth-order valence-electron chi connectivity index (χ4n) is 4.49. The third-order valence-electron chi connectivity index (χ3n) is 6.07. The summed E-state index contributed by atoms with van der Waals surface area (Å²) in [5.41, 5.74) is 2.45. The highest BCUT2D eigenvalue weighted by molar-refractivity contribution is 6.17. The van der Waals surface area contributed by atoms with E-state index in [4.69, 9.17) is 4.74 Å². The van der Waals surface area contributed by atoms with Crippen LogP contribution in [0.1, 0.15) is 39.1 Å². The molecule has 32 heavy (non-hydrogen) atoms. The van der Waals surface area contributed by atoms with Gasteiger partial charge in [0, 0.05) is 17.0 Å². The van der Waals surface area contributed by atoms with E-state index < -0.39 is 17.8 Å². The smallest absolute Gasteiger partial charge is 0.174 e. The first-order valence-electron chi connectivity index (χ1n) is 10.6. The van der Waals surface area contributed by atoms with Gasteiger partial charge in [0.05, 0.1) is 18.9 Å². The highest BCUT2D eigenvalue weighted by atomic mass is 16.5. The van der Waals surface area contributed by atoms with Crippen molar-refractivity contribution in [3.05, 3.63) is 113 Å². The molecule has 3 unspecified atom stereocenters. The third kappa shape index (κ3) is 4.04. The van der Waals surface area contributed by atoms with E-state index in [2.05, 4.69) is 0 Å². The molecule has 0 N–H and O–H groups in total. The zero-order valence-corrected chi connectivity index (χ0v) is 18.0. The Morgan fingerprint density at radius 1 is 0.719 bits per heavy atom. The van der Waals surface area contributed by atoms with Crippen molar-refractivity contribution >= 4 is 17.3 Å². The average molecular weight is 424 g/mol. The minimum Gasteiger partial charge on any atom is -0.497 e. The van der Waals surface area contributed by atoms with Gasteiger partial charge in [-0.05, 0) is 30.7 Å². The average Bonchev–Trinajstić information content (AvgIpc) is 2.84. The summed E-state index contributed by atoms with van der Waals surface area (Å²) < 4.78 is 5.27. The largest absolute Gasteiger partial charge is 0.497 e. The van der Waals surface area contributed by atoms with Gasteiger partial charge in [0.25, 0.3) is 0 Å². The quantitative estimate of drug-likeness (QED) is 0.398. The molecule has 3 atom stereocenters. The van der Waals surface area contributed by atoms with Gasteiger partial charge in [-0.1, -0.05) is 78.4 Å². The molecule has 0 saturated carbocycles. The van der Waals surface area contributed by atoms with E-state index in [1.54, 1.807) is 62.6 Å². The van der Waals surface area contributed by atoms with E-state index in [1.807, 2.05) is 36.4 Å². The Morgan fingerprint density at radius 3 is 1.72 bits per heavy atom. The molecule has 3 aromatic carbocycles. The van der Waals surface area contributed by atoms with Crippen molar-refractivity contribution in [2.75, 3.05) is 7.11 Å². The fourth-order valence-corrected chi connectivity index (χ4v) is 4.49. The number of rotatable bonds is 6. The predicted molar refractivity (Wildman–Crippen MR) is 123 cm³/mol. The van der Waals surface area contributed by atoms with E-state index in [-0.39, 0.29) is 17.3 Å². The molecule has 0 fully saturated rings. The van der Waals surface area contributed by atoms with Gasteiger partial charge in [-0.2, -0.15) is 0 Å². The first-order chi connectivity index (χ1) is 15.5. The van der Waals surface area contributed by atoms with Crippen LogP contribution in [-0.4, -0.2) is 24.5 Å². The topological polar surface area (TPSA) is 60.4 Å². The van der Waals surface area contributed by atoms with Crippen LogP contribution < -0.4 is 4.74 Å². The maximum atomic E-state index is 13.6. The second-order valence-electron chi connectivity index (χ2n) is 8.01. The predicted octanol–water partition coefficient (Wildman–Crippen LogP) is 5.31. The number of ketones is 3. The number of allylic oxidation sites excluding steroid dienone is 2. The molecule has 0 spiro atoms. The molecule has 4 heteroatoms. The van der Waals surface area contributed by atoms with Crippen LogP contribution in [-0.2, 0) is 4.79 Å². The minimum absolute atomic E-state index is 0.0986. The number of ether oxygens (including phenoxy) is 1. The summed E-state index contributed by atoms with van der Waals surface area (Å²) in [4.78, 5) is 40.4. The zero-order chi connectivity index (χ0) is 22.7. The summed E-state index contributed by atoms with van der Waals surface area (Å²) in [7, 11) is 1.58. The molecule has 0 amide bonds. The molecule has 1 aliphatic carbocycles. The fraction of sp³-hybridized carbons (Fsp3) is 0.179. The van der Waals surface area contributed by atoms with Crippen molar-refractivity contribution in [2.45, 2.75) is 12.8 Å². The Bertz CT molecular complexity index is 1160. The lowest BCUT2D eigenvalue weighted by molar-refractivity contribution is -0.118. The molecule has 0 aromatic heterocycles. The van der Waals surface area contributed by atoms with Gasteiger partial charge in [0.2, 0.25) is 0 Å². The van der Waals surface area contributed by atoms with Gasteiger partial charge < -0.3 is 4.74 Å². The Morgan fingerprint density at radius 2 is 1.22 bits per heavy atom. The Labute approximate surface area is 187 Å². The molecule has 1 aliphatic rings. The van der Waals surface area contributed by atoms with Crippen LogP contribution in [0.15, 0.2) is 96.6 Å². The minimum atomic E-state index is -0.979. The van der Waals surface area contributed by atoms with Gasteiger partial charge in [-0.25, -0.2) is 0 Å². The maximum Gasteiger partial charge on any atom is 0.174 e. The van der Waals surface area contributed by atoms with Crippen molar-refractivity contribution < 1.29 is 19.1 Å². The van der Waals surface area contributed by atoms with E-state index in [9.17, 15) is 14.4 Å². The monoisotopic (exact) mass is 424 g/mol. The second kappa shape index (κ2) is 9.15. The van der Waals surface area contributed by atoms with Crippen LogP contribution in [0.4, 0.5) is 0 Å². The Hall–Kier alpha value is -3.79. The molecule has 0 heterocycles. The zero-order valence-electron chi connectivity index (χ0n) is 18.0. The summed E-state index contributed by atoms with van der Waals surface area (Å²) in [6.07, 6.45) is 1.47. The summed E-state index contributed by atoms with van der Waals surface area (Å²) in [5, 5.41) is 0. The SMILES string of the molecule is COc1ccc(C2C(C(=O)c3ccccc3)C(=O)C=C(C)C2C(=O)c2ccccc2)cc1. The van der Waals surface area contributed by atoms with Crippen LogP contribution in [0.5, 0.6) is 5.75 Å². The van der Waals surface area contributed by atoms with Gasteiger partial charge in [0.1, 0.15) is 5.75 Å². The van der Waals surface area contributed by atoms with Crippen LogP contribution in [0.2, 0.25) is 0 Å². The van der Waals surface area contributed by atoms with E-state index in [1.165, 1.54) is 6.08 Å². The first kappa shape index (κ1) is 21.4. The van der Waals surface area contributed by atoms with Crippen molar-refractivity contribution in [1.29, 1.82) is 0 Å². The van der Waals surface area contributed by atoms with Crippen molar-refractivity contribution in [3.63, 3.8) is 0 Å². The van der Waals surface area contributed by atoms with Crippen molar-refractivity contribution in [2.24, 2.45) is 11.8 Å². The highest BCUT2D eigenvalue weighted by Gasteiger charge is 2.46. The number of methoxy groups -OCH3 is 1. The van der Waals surface area contributed by atoms with Gasteiger partial charge in [-0.3, -0.25) is 14.4 Å². The highest BCUT2D eigenvalue weighted by Crippen LogP contribution is 2.44. The Balaban J connectivity index is 1.86. The normalized spacial score (nSPS) is 20.4. The lowest BCUT2D eigenvalue weighted by Gasteiger charge is -2.36. The van der Waals surface area contributed by atoms with Crippen LogP contribution >= 0.6 is 0 Å². The second-order valence-corrected chi connectivity index (χ2v) is 8.01. The molecular formula is C28H24O4. The van der Waals surface area contributed by atoms with Crippen LogP contribution in [0.3, 0.4) is 0 Å². The molecule has 0 aliphatic heterocycles. The number of carbonyl (C=O) groups excluding carboxylic acids is 3. The standard InChI is InChI=1S/C28H24O4/c1-18-17-23(29)26(28(31)21-11-7-4-8-12-21)25(19-13-15-22(32-2)16-14-19)24(18)27(30)20-9-5-3-6-10-20/h3-17,24-26H,1-2H3. The van der Waals surface area contributed by atoms with E-state index >= 15 is 0 Å². The van der Waals surface area contributed by atoms with E-state index in [0.29, 0.717) is 22.4 Å². The summed E-state index contributed by atoms with van der Waals surface area (Å²) in [6.45, 7) is 1.79. The molecule has 0 bridgehead atoms. The summed E-state index contributed by atoms with van der Waals surface area (Å²) in [5.74, 6) is -2.19. The van der Waals surface area contributed by atoms with Crippen molar-refractivity contribution in [1.82, 2.24) is 0 Å². The lowest BCUT2D eigenvalue weighted by atomic mass is 9.64. The third-order valence-corrected chi connectivity index (χ3v) is 6.07. The van der Waals surface area contributed by atoms with Crippen LogP contribution in [0.25, 0.3) is 0 Å². The lowest BCUT2D eigenvalue weighted by Crippen LogP contribution is -2.40. The number of hydrogen-bond acceptors (Lipinski definition) is 4. The molecule has 4 rings (SSSR count). The van der Waals surface area contributed by atoms with Crippen LogP contribution in [0, 0.1) is 11.8 Å². The van der Waals surface area contributed by atoms with Gasteiger partial charge >= 0.3 is 0 Å². The molecule has 0 radical (unpaired) electrons. The molecule has 4 nitrogen and oxygen atoms in total. The van der Waals surface area contributed by atoms with Crippen molar-refractivity contribution in [3.8, 4) is 5.75 Å². The maximum absolute atomic E-state index is 13.6. The Kier molecular flexibility index (Phi) is 6.13. The van der Waals surface area contributed by atoms with Gasteiger partial charge in [-0.15, -0.1) is 0 Å². The van der Waals surface area contributed by atoms with E-state index in [0.717, 1.165) is 5.56 Å². The molecule has 3 aromatic rings. The number of carbonyl (C=O) groups is 3. The summed E-state index contributed by atoms with van der Waals surface area (Å²) >= 11 is 0. The molecular weight excluding hydrogens is 400 g/mol.